The molecule has 12 heavy (non-hydrogen) atoms. The molecule has 0 aromatic carbocycles. The second-order valence-electron chi connectivity index (χ2n) is 2.40. The summed E-state index contributed by atoms with van der Waals surface area (Å²) in [4.78, 5) is 0. The van der Waals surface area contributed by atoms with Gasteiger partial charge in [-0.15, -0.1) is 11.3 Å². The molecule has 0 bridgehead atoms. The van der Waals surface area contributed by atoms with Gasteiger partial charge in [0.25, 0.3) is 0 Å². The summed E-state index contributed by atoms with van der Waals surface area (Å²) in [7, 11) is 0. The molecule has 1 atom stereocenters. The Balaban J connectivity index is 2.79. The Kier molecular flexibility index (Phi) is 3.80. The topological polar surface area (TPSA) is 46.2 Å². The molecule has 0 radical (unpaired) electrons. The highest BCUT2D eigenvalue weighted by Crippen LogP contribution is 2.34. The molecular formula is C7H9Cl2NOS. The third-order valence-corrected chi connectivity index (χ3v) is 3.04. The van der Waals surface area contributed by atoms with Gasteiger partial charge >= 0.3 is 0 Å². The molecule has 3 N–H and O–H groups in total. The van der Waals surface area contributed by atoms with E-state index in [0.29, 0.717) is 15.1 Å². The van der Waals surface area contributed by atoms with Gasteiger partial charge < -0.3 is 10.8 Å². The minimum absolute atomic E-state index is 0.0605. The Labute approximate surface area is 84.9 Å². The molecule has 0 spiro atoms. The molecule has 0 aliphatic carbocycles. The third kappa shape index (κ3) is 2.34. The summed E-state index contributed by atoms with van der Waals surface area (Å²) in [6.07, 6.45) is 0.507. The van der Waals surface area contributed by atoms with Gasteiger partial charge in [-0.3, -0.25) is 0 Å². The fraction of sp³-hybridized carbons (Fsp3) is 0.429. The van der Waals surface area contributed by atoms with E-state index in [4.69, 9.17) is 34.0 Å². The van der Waals surface area contributed by atoms with Crippen molar-refractivity contribution in [3.8, 4) is 0 Å². The lowest BCUT2D eigenvalue weighted by molar-refractivity contribution is 0.276. The summed E-state index contributed by atoms with van der Waals surface area (Å²) in [5, 5.41) is 8.64. The molecular weight excluding hydrogens is 217 g/mol. The number of rotatable bonds is 3. The van der Waals surface area contributed by atoms with Crippen molar-refractivity contribution in [1.82, 2.24) is 0 Å². The monoisotopic (exact) mass is 225 g/mol. The van der Waals surface area contributed by atoms with Crippen molar-refractivity contribution in [3.05, 3.63) is 20.3 Å². The van der Waals surface area contributed by atoms with Crippen molar-refractivity contribution in [2.24, 2.45) is 5.73 Å². The van der Waals surface area contributed by atoms with E-state index in [0.717, 1.165) is 5.56 Å². The van der Waals surface area contributed by atoms with Crippen molar-refractivity contribution in [3.63, 3.8) is 0 Å². The summed E-state index contributed by atoms with van der Waals surface area (Å²) in [6.45, 7) is 0.0605. The van der Waals surface area contributed by atoms with Gasteiger partial charge in [0.1, 0.15) is 0 Å². The predicted molar refractivity (Wildman–Crippen MR) is 53.0 cm³/mol. The number of aliphatic hydroxyl groups excluding tert-OH is 1. The van der Waals surface area contributed by atoms with E-state index < -0.39 is 0 Å². The van der Waals surface area contributed by atoms with Gasteiger partial charge in [0.2, 0.25) is 0 Å². The lowest BCUT2D eigenvalue weighted by atomic mass is 10.1. The van der Waals surface area contributed by atoms with E-state index in [9.17, 15) is 0 Å². The molecule has 68 valence electrons. The summed E-state index contributed by atoms with van der Waals surface area (Å²) in [5.41, 5.74) is 6.54. The average Bonchev–Trinajstić information content (AvgIpc) is 2.30. The highest BCUT2D eigenvalue weighted by Gasteiger charge is 2.12. The van der Waals surface area contributed by atoms with Crippen LogP contribution in [0.15, 0.2) is 6.07 Å². The maximum atomic E-state index is 8.64. The first-order valence-electron chi connectivity index (χ1n) is 3.46. The Hall–Kier alpha value is 0.200. The molecule has 1 unspecified atom stereocenters. The van der Waals surface area contributed by atoms with E-state index in [1.165, 1.54) is 11.3 Å². The lowest BCUT2D eigenvalue weighted by Crippen LogP contribution is -2.11. The van der Waals surface area contributed by atoms with Gasteiger partial charge in [0, 0.05) is 12.6 Å². The molecule has 0 aliphatic rings. The van der Waals surface area contributed by atoms with Gasteiger partial charge in [0.05, 0.1) is 8.67 Å². The lowest BCUT2D eigenvalue weighted by Gasteiger charge is -2.07. The predicted octanol–water partition coefficient (Wildman–Crippen LogP) is 2.44. The van der Waals surface area contributed by atoms with Crippen molar-refractivity contribution in [2.45, 2.75) is 12.5 Å². The van der Waals surface area contributed by atoms with E-state index in [1.54, 1.807) is 6.07 Å². The molecule has 0 amide bonds. The molecule has 2 nitrogen and oxygen atoms in total. The molecule has 1 heterocycles. The van der Waals surface area contributed by atoms with Crippen LogP contribution < -0.4 is 5.73 Å². The average molecular weight is 226 g/mol. The van der Waals surface area contributed by atoms with E-state index in [2.05, 4.69) is 0 Å². The Morgan fingerprint density at radius 3 is 2.67 bits per heavy atom. The first kappa shape index (κ1) is 10.3. The molecule has 5 heteroatoms. The fourth-order valence-electron chi connectivity index (χ4n) is 0.900. The minimum atomic E-state index is -0.216. The zero-order valence-electron chi connectivity index (χ0n) is 6.26. The summed E-state index contributed by atoms with van der Waals surface area (Å²) in [6, 6.07) is 1.53. The number of hydrogen-bond acceptors (Lipinski definition) is 3. The second kappa shape index (κ2) is 4.44. The maximum Gasteiger partial charge on any atom is 0.0991 e. The molecule has 1 rings (SSSR count). The molecule has 1 aromatic rings. The van der Waals surface area contributed by atoms with Crippen LogP contribution in [0, 0.1) is 0 Å². The highest BCUT2D eigenvalue weighted by molar-refractivity contribution is 7.20. The van der Waals surface area contributed by atoms with Crippen molar-refractivity contribution < 1.29 is 5.11 Å². The Bertz CT molecular complexity index is 264. The number of thiophene rings is 1. The maximum absolute atomic E-state index is 8.64. The van der Waals surface area contributed by atoms with Gasteiger partial charge in [-0.25, -0.2) is 0 Å². The van der Waals surface area contributed by atoms with Crippen LogP contribution in [0.3, 0.4) is 0 Å². The number of nitrogens with two attached hydrogens (primary N) is 1. The molecule has 0 saturated heterocycles. The van der Waals surface area contributed by atoms with E-state index in [1.807, 2.05) is 0 Å². The summed E-state index contributed by atoms with van der Waals surface area (Å²) in [5.74, 6) is 0. The zero-order chi connectivity index (χ0) is 9.14. The standard InChI is InChI=1S/C7H9Cl2NOS/c8-6-3-4(7(9)12-6)5(10)1-2-11/h3,5,11H,1-2,10H2. The number of halogens is 2. The zero-order valence-corrected chi connectivity index (χ0v) is 8.59. The van der Waals surface area contributed by atoms with Crippen LogP contribution in [0.5, 0.6) is 0 Å². The van der Waals surface area contributed by atoms with Crippen LogP contribution in [0.4, 0.5) is 0 Å². The Morgan fingerprint density at radius 1 is 1.58 bits per heavy atom. The van der Waals surface area contributed by atoms with Crippen LogP contribution in [-0.2, 0) is 0 Å². The van der Waals surface area contributed by atoms with Crippen LogP contribution in [0.2, 0.25) is 8.67 Å². The minimum Gasteiger partial charge on any atom is -0.396 e. The van der Waals surface area contributed by atoms with Crippen molar-refractivity contribution in [1.29, 1.82) is 0 Å². The van der Waals surface area contributed by atoms with Crippen molar-refractivity contribution in [2.75, 3.05) is 6.61 Å². The smallest absolute Gasteiger partial charge is 0.0991 e. The summed E-state index contributed by atoms with van der Waals surface area (Å²) >= 11 is 12.9. The third-order valence-electron chi connectivity index (χ3n) is 1.52. The van der Waals surface area contributed by atoms with Gasteiger partial charge in [-0.05, 0) is 18.1 Å². The van der Waals surface area contributed by atoms with Crippen LogP contribution in [0.25, 0.3) is 0 Å². The van der Waals surface area contributed by atoms with Crippen LogP contribution in [0.1, 0.15) is 18.0 Å². The number of hydrogen-bond donors (Lipinski definition) is 2. The van der Waals surface area contributed by atoms with E-state index in [-0.39, 0.29) is 12.6 Å². The second-order valence-corrected chi connectivity index (χ2v) is 4.68. The summed E-state index contributed by atoms with van der Waals surface area (Å²) < 4.78 is 1.24. The van der Waals surface area contributed by atoms with Crippen LogP contribution >= 0.6 is 34.5 Å². The molecule has 0 fully saturated rings. The van der Waals surface area contributed by atoms with Gasteiger partial charge in [0.15, 0.2) is 0 Å². The first-order valence-corrected chi connectivity index (χ1v) is 5.03. The van der Waals surface area contributed by atoms with Gasteiger partial charge in [-0.1, -0.05) is 23.2 Å². The van der Waals surface area contributed by atoms with Gasteiger partial charge in [-0.2, -0.15) is 0 Å². The molecule has 0 saturated carbocycles. The normalized spacial score (nSPS) is 13.3. The fourth-order valence-corrected chi connectivity index (χ4v) is 2.50. The Morgan fingerprint density at radius 2 is 2.25 bits per heavy atom. The number of aliphatic hydroxyl groups is 1. The SMILES string of the molecule is NC(CCO)c1cc(Cl)sc1Cl. The molecule has 1 aromatic heterocycles. The first-order chi connectivity index (χ1) is 5.65. The largest absolute Gasteiger partial charge is 0.396 e. The molecule has 0 aliphatic heterocycles. The van der Waals surface area contributed by atoms with Crippen molar-refractivity contribution >= 4 is 34.5 Å². The van der Waals surface area contributed by atoms with Crippen LogP contribution in [-0.4, -0.2) is 11.7 Å². The quantitative estimate of drug-likeness (QED) is 0.831. The highest BCUT2D eigenvalue weighted by atomic mass is 35.5. The van der Waals surface area contributed by atoms with E-state index >= 15 is 0 Å².